The van der Waals surface area contributed by atoms with Gasteiger partial charge in [-0.3, -0.25) is 0 Å². The highest BCUT2D eigenvalue weighted by Gasteiger charge is 2.10. The molecule has 0 N–H and O–H groups in total. The summed E-state index contributed by atoms with van der Waals surface area (Å²) in [7, 11) is 0. The minimum Gasteiger partial charge on any atom is -0.118 e. The van der Waals surface area contributed by atoms with Crippen LogP contribution in [-0.2, 0) is 6.42 Å². The molecule has 74 valence electrons. The van der Waals surface area contributed by atoms with Crippen molar-refractivity contribution in [3.05, 3.63) is 47.5 Å². The van der Waals surface area contributed by atoms with E-state index in [0.29, 0.717) is 0 Å². The minimum absolute atomic E-state index is 0.266. The molecule has 1 aromatic rings. The zero-order valence-corrected chi connectivity index (χ0v) is 9.00. The van der Waals surface area contributed by atoms with Gasteiger partial charge in [0.2, 0.25) is 0 Å². The molecule has 14 heavy (non-hydrogen) atoms. The number of benzene rings is 1. The monoisotopic (exact) mass is 206 g/mol. The highest BCUT2D eigenvalue weighted by Crippen LogP contribution is 2.24. The molecule has 0 fully saturated rings. The first-order chi connectivity index (χ1) is 6.84. The fourth-order valence-corrected chi connectivity index (χ4v) is 2.28. The van der Waals surface area contributed by atoms with Crippen molar-refractivity contribution >= 4 is 11.6 Å². The molecule has 1 atom stereocenters. The lowest BCUT2D eigenvalue weighted by Gasteiger charge is -2.16. The summed E-state index contributed by atoms with van der Waals surface area (Å²) in [6, 6.07) is 10.6. The zero-order chi connectivity index (χ0) is 9.80. The number of hydrogen-bond donors (Lipinski definition) is 0. The Morgan fingerprint density at radius 2 is 2.00 bits per heavy atom. The molecule has 0 aromatic heterocycles. The molecular weight excluding hydrogens is 192 g/mol. The van der Waals surface area contributed by atoms with Crippen molar-refractivity contribution in [3.8, 4) is 0 Å². The molecule has 0 radical (unpaired) electrons. The topological polar surface area (TPSA) is 0 Å². The third-order valence-corrected chi connectivity index (χ3v) is 3.01. The van der Waals surface area contributed by atoms with Crippen molar-refractivity contribution in [1.82, 2.24) is 0 Å². The Kier molecular flexibility index (Phi) is 3.26. The largest absolute Gasteiger partial charge is 0.118 e. The van der Waals surface area contributed by atoms with Gasteiger partial charge in [0, 0.05) is 0 Å². The van der Waals surface area contributed by atoms with Crippen LogP contribution in [0.25, 0.3) is 0 Å². The molecule has 0 bridgehead atoms. The molecule has 0 amide bonds. The summed E-state index contributed by atoms with van der Waals surface area (Å²) in [4.78, 5) is 0. The van der Waals surface area contributed by atoms with Crippen molar-refractivity contribution in [2.75, 3.05) is 0 Å². The summed E-state index contributed by atoms with van der Waals surface area (Å²) in [5.41, 5.74) is 2.90. The fourth-order valence-electron chi connectivity index (χ4n) is 1.95. The minimum atomic E-state index is 0.266. The maximum Gasteiger partial charge on any atom is 0.0518 e. The third kappa shape index (κ3) is 2.62. The summed E-state index contributed by atoms with van der Waals surface area (Å²) >= 11 is 6.10. The van der Waals surface area contributed by atoms with Crippen molar-refractivity contribution < 1.29 is 0 Å². The Labute approximate surface area is 90.6 Å². The molecule has 1 unspecified atom stereocenters. The van der Waals surface area contributed by atoms with Crippen LogP contribution in [-0.4, -0.2) is 5.38 Å². The van der Waals surface area contributed by atoms with Crippen LogP contribution in [0.1, 0.15) is 24.8 Å². The number of allylic oxidation sites excluding steroid dienone is 2. The lowest BCUT2D eigenvalue weighted by atomic mass is 9.94. The van der Waals surface area contributed by atoms with Gasteiger partial charge in [0.05, 0.1) is 5.38 Å². The SMILES string of the molecule is ClC1C=C(Cc2ccccc2)CCC1. The van der Waals surface area contributed by atoms with E-state index >= 15 is 0 Å². The van der Waals surface area contributed by atoms with E-state index < -0.39 is 0 Å². The number of halogens is 1. The predicted molar refractivity (Wildman–Crippen MR) is 61.7 cm³/mol. The average molecular weight is 207 g/mol. The molecule has 1 aromatic carbocycles. The van der Waals surface area contributed by atoms with Crippen molar-refractivity contribution in [2.24, 2.45) is 0 Å². The van der Waals surface area contributed by atoms with E-state index in [1.807, 2.05) is 0 Å². The van der Waals surface area contributed by atoms with Crippen LogP contribution in [0.4, 0.5) is 0 Å². The van der Waals surface area contributed by atoms with Crippen LogP contribution >= 0.6 is 11.6 Å². The first-order valence-corrected chi connectivity index (χ1v) is 5.66. The summed E-state index contributed by atoms with van der Waals surface area (Å²) in [5, 5.41) is 0.266. The Morgan fingerprint density at radius 1 is 1.21 bits per heavy atom. The second-order valence-corrected chi connectivity index (χ2v) is 4.46. The summed E-state index contributed by atoms with van der Waals surface area (Å²) in [6.07, 6.45) is 6.91. The van der Waals surface area contributed by atoms with Gasteiger partial charge in [-0.05, 0) is 31.2 Å². The van der Waals surface area contributed by atoms with Crippen LogP contribution in [0.5, 0.6) is 0 Å². The zero-order valence-electron chi connectivity index (χ0n) is 8.25. The maximum absolute atomic E-state index is 6.10. The van der Waals surface area contributed by atoms with E-state index in [9.17, 15) is 0 Å². The van der Waals surface area contributed by atoms with Gasteiger partial charge >= 0.3 is 0 Å². The Hall–Kier alpha value is -0.750. The van der Waals surface area contributed by atoms with Crippen LogP contribution < -0.4 is 0 Å². The first-order valence-electron chi connectivity index (χ1n) is 5.22. The van der Waals surface area contributed by atoms with Gasteiger partial charge in [-0.25, -0.2) is 0 Å². The van der Waals surface area contributed by atoms with Gasteiger partial charge in [-0.15, -0.1) is 11.6 Å². The van der Waals surface area contributed by atoms with Crippen molar-refractivity contribution in [2.45, 2.75) is 31.1 Å². The molecule has 0 nitrogen and oxygen atoms in total. The van der Waals surface area contributed by atoms with Crippen LogP contribution in [0.3, 0.4) is 0 Å². The lowest BCUT2D eigenvalue weighted by Crippen LogP contribution is -2.04. The second kappa shape index (κ2) is 4.65. The molecule has 1 heteroatoms. The maximum atomic E-state index is 6.10. The van der Waals surface area contributed by atoms with Gasteiger partial charge in [0.15, 0.2) is 0 Å². The van der Waals surface area contributed by atoms with Gasteiger partial charge in [-0.2, -0.15) is 0 Å². The Morgan fingerprint density at radius 3 is 2.71 bits per heavy atom. The third-order valence-electron chi connectivity index (χ3n) is 2.67. The van der Waals surface area contributed by atoms with Crippen LogP contribution in [0.2, 0.25) is 0 Å². The summed E-state index contributed by atoms with van der Waals surface area (Å²) in [5.74, 6) is 0. The lowest BCUT2D eigenvalue weighted by molar-refractivity contribution is 0.693. The molecule has 0 saturated carbocycles. The van der Waals surface area contributed by atoms with E-state index in [2.05, 4.69) is 36.4 Å². The number of rotatable bonds is 2. The van der Waals surface area contributed by atoms with E-state index in [1.54, 1.807) is 0 Å². The average Bonchev–Trinajstić information content (AvgIpc) is 2.19. The molecule has 0 aliphatic heterocycles. The second-order valence-electron chi connectivity index (χ2n) is 3.90. The van der Waals surface area contributed by atoms with Gasteiger partial charge in [0.1, 0.15) is 0 Å². The molecule has 0 spiro atoms. The fraction of sp³-hybridized carbons (Fsp3) is 0.385. The van der Waals surface area contributed by atoms with Gasteiger partial charge in [-0.1, -0.05) is 42.0 Å². The van der Waals surface area contributed by atoms with Gasteiger partial charge in [0.25, 0.3) is 0 Å². The standard InChI is InChI=1S/C13H15Cl/c14-13-8-4-7-12(10-13)9-11-5-2-1-3-6-11/h1-3,5-6,10,13H,4,7-9H2. The van der Waals surface area contributed by atoms with E-state index in [4.69, 9.17) is 11.6 Å². The number of hydrogen-bond acceptors (Lipinski definition) is 0. The molecule has 0 heterocycles. The predicted octanol–water partition coefficient (Wildman–Crippen LogP) is 3.95. The molecule has 0 saturated heterocycles. The highest BCUT2D eigenvalue weighted by molar-refractivity contribution is 6.21. The molecule has 1 aliphatic carbocycles. The quantitative estimate of drug-likeness (QED) is 0.508. The normalized spacial score (nSPS) is 21.8. The number of alkyl halides is 1. The molecule has 1 aliphatic rings. The molecule has 2 rings (SSSR count). The van der Waals surface area contributed by atoms with Crippen molar-refractivity contribution in [1.29, 1.82) is 0 Å². The van der Waals surface area contributed by atoms with Crippen LogP contribution in [0.15, 0.2) is 42.0 Å². The smallest absolute Gasteiger partial charge is 0.0518 e. The summed E-state index contributed by atoms with van der Waals surface area (Å²) in [6.45, 7) is 0. The van der Waals surface area contributed by atoms with E-state index in [-0.39, 0.29) is 5.38 Å². The van der Waals surface area contributed by atoms with Crippen molar-refractivity contribution in [3.63, 3.8) is 0 Å². The van der Waals surface area contributed by atoms with Gasteiger partial charge < -0.3 is 0 Å². The molecular formula is C13H15Cl. The Bertz CT molecular complexity index is 313. The summed E-state index contributed by atoms with van der Waals surface area (Å²) < 4.78 is 0. The van der Waals surface area contributed by atoms with Crippen LogP contribution in [0, 0.1) is 0 Å². The highest BCUT2D eigenvalue weighted by atomic mass is 35.5. The Balaban J connectivity index is 2.04. The van der Waals surface area contributed by atoms with E-state index in [1.165, 1.54) is 24.0 Å². The first kappa shape index (κ1) is 9.79. The van der Waals surface area contributed by atoms with E-state index in [0.717, 1.165) is 12.8 Å².